The molecule has 0 saturated carbocycles. The summed E-state index contributed by atoms with van der Waals surface area (Å²) in [4.78, 5) is 15.0. The third kappa shape index (κ3) is 1.85. The number of carbonyl (C=O) groups is 1. The van der Waals surface area contributed by atoms with Crippen LogP contribution in [0.15, 0.2) is 30.3 Å². The molecule has 0 radical (unpaired) electrons. The van der Waals surface area contributed by atoms with Crippen molar-refractivity contribution in [2.24, 2.45) is 5.73 Å². The highest BCUT2D eigenvalue weighted by Crippen LogP contribution is 2.36. The van der Waals surface area contributed by atoms with E-state index in [4.69, 9.17) is 5.73 Å². The third-order valence-corrected chi connectivity index (χ3v) is 4.28. The number of aromatic nitrogens is 4. The molecular weight excluding hydrogens is 290 g/mol. The first-order valence-electron chi connectivity index (χ1n) is 7.29. The van der Waals surface area contributed by atoms with Crippen LogP contribution in [0.5, 0.6) is 0 Å². The normalized spacial score (nSPS) is 11.4. The standard InChI is InChI=1S/C17H15N5O/c1-8-7-11(15-16(17(18)23)21-22-20-15)9(2)13-10-5-3-4-6-12(10)19-14(8)13/h3-7,19H,1-2H3,(H2,18,23)(H,20,21,22). The van der Waals surface area contributed by atoms with Crippen LogP contribution in [0.2, 0.25) is 0 Å². The van der Waals surface area contributed by atoms with Crippen molar-refractivity contribution in [2.45, 2.75) is 13.8 Å². The zero-order valence-corrected chi connectivity index (χ0v) is 12.8. The number of nitrogens with one attached hydrogen (secondary N) is 2. The topological polar surface area (TPSA) is 100 Å². The molecule has 0 aliphatic carbocycles. The van der Waals surface area contributed by atoms with Crippen molar-refractivity contribution < 1.29 is 4.79 Å². The van der Waals surface area contributed by atoms with E-state index in [0.29, 0.717) is 5.69 Å². The summed E-state index contributed by atoms with van der Waals surface area (Å²) < 4.78 is 0. The average molecular weight is 305 g/mol. The highest BCUT2D eigenvalue weighted by Gasteiger charge is 2.20. The molecule has 0 unspecified atom stereocenters. The minimum atomic E-state index is -0.593. The molecule has 6 nitrogen and oxygen atoms in total. The van der Waals surface area contributed by atoms with E-state index >= 15 is 0 Å². The highest BCUT2D eigenvalue weighted by molar-refractivity contribution is 6.12. The van der Waals surface area contributed by atoms with Crippen molar-refractivity contribution in [3.8, 4) is 11.3 Å². The van der Waals surface area contributed by atoms with Crippen LogP contribution in [0.4, 0.5) is 0 Å². The molecule has 4 N–H and O–H groups in total. The van der Waals surface area contributed by atoms with Crippen molar-refractivity contribution in [2.75, 3.05) is 0 Å². The summed E-state index contributed by atoms with van der Waals surface area (Å²) >= 11 is 0. The summed E-state index contributed by atoms with van der Waals surface area (Å²) in [6.07, 6.45) is 0. The maximum Gasteiger partial charge on any atom is 0.271 e. The quantitative estimate of drug-likeness (QED) is 0.531. The first kappa shape index (κ1) is 13.5. The molecular formula is C17H15N5O. The van der Waals surface area contributed by atoms with E-state index in [1.807, 2.05) is 32.0 Å². The summed E-state index contributed by atoms with van der Waals surface area (Å²) in [6.45, 7) is 4.06. The van der Waals surface area contributed by atoms with E-state index in [-0.39, 0.29) is 5.69 Å². The van der Waals surface area contributed by atoms with Gasteiger partial charge in [0.25, 0.3) is 5.91 Å². The van der Waals surface area contributed by atoms with Crippen molar-refractivity contribution in [3.05, 3.63) is 47.2 Å². The second-order valence-electron chi connectivity index (χ2n) is 5.67. The Balaban J connectivity index is 2.13. The molecule has 23 heavy (non-hydrogen) atoms. The number of rotatable bonds is 2. The van der Waals surface area contributed by atoms with Crippen LogP contribution in [-0.4, -0.2) is 26.3 Å². The number of fused-ring (bicyclic) bond motifs is 3. The number of primary amides is 1. The molecule has 0 saturated heterocycles. The van der Waals surface area contributed by atoms with E-state index in [2.05, 4.69) is 32.5 Å². The number of amides is 1. The second-order valence-corrected chi connectivity index (χ2v) is 5.67. The van der Waals surface area contributed by atoms with Crippen LogP contribution in [-0.2, 0) is 0 Å². The lowest BCUT2D eigenvalue weighted by Gasteiger charge is -2.08. The Morgan fingerprint density at radius 3 is 2.74 bits per heavy atom. The molecule has 0 aliphatic rings. The lowest BCUT2D eigenvalue weighted by molar-refractivity contribution is 0.0996. The van der Waals surface area contributed by atoms with E-state index in [9.17, 15) is 4.79 Å². The predicted octanol–water partition coefficient (Wildman–Crippen LogP) is 2.82. The fourth-order valence-electron chi connectivity index (χ4n) is 3.20. The van der Waals surface area contributed by atoms with Crippen molar-refractivity contribution in [3.63, 3.8) is 0 Å². The van der Waals surface area contributed by atoms with Gasteiger partial charge in [0.2, 0.25) is 0 Å². The molecule has 0 spiro atoms. The van der Waals surface area contributed by atoms with Gasteiger partial charge < -0.3 is 10.7 Å². The van der Waals surface area contributed by atoms with E-state index < -0.39 is 5.91 Å². The molecule has 0 atom stereocenters. The average Bonchev–Trinajstić information content (AvgIpc) is 3.15. The van der Waals surface area contributed by atoms with Crippen molar-refractivity contribution in [1.82, 2.24) is 20.4 Å². The minimum absolute atomic E-state index is 0.159. The summed E-state index contributed by atoms with van der Waals surface area (Å²) in [5, 5.41) is 12.8. The molecule has 114 valence electrons. The zero-order chi connectivity index (χ0) is 16.1. The van der Waals surface area contributed by atoms with Gasteiger partial charge in [-0.15, -0.1) is 0 Å². The maximum atomic E-state index is 11.6. The van der Waals surface area contributed by atoms with Crippen LogP contribution in [0.1, 0.15) is 21.6 Å². The fourth-order valence-corrected chi connectivity index (χ4v) is 3.20. The van der Waals surface area contributed by atoms with Crippen LogP contribution in [0.25, 0.3) is 33.1 Å². The number of para-hydroxylation sites is 1. The molecule has 2 heterocycles. The van der Waals surface area contributed by atoms with Gasteiger partial charge in [0.1, 0.15) is 5.69 Å². The number of H-pyrrole nitrogens is 2. The molecule has 1 amide bonds. The number of hydrogen-bond donors (Lipinski definition) is 3. The summed E-state index contributed by atoms with van der Waals surface area (Å²) in [5.41, 5.74) is 11.2. The predicted molar refractivity (Wildman–Crippen MR) is 89.2 cm³/mol. The maximum absolute atomic E-state index is 11.6. The Hall–Kier alpha value is -3.15. The Labute approximate surface area is 131 Å². The van der Waals surface area contributed by atoms with Gasteiger partial charge >= 0.3 is 0 Å². The van der Waals surface area contributed by atoms with Crippen LogP contribution >= 0.6 is 0 Å². The molecule has 0 bridgehead atoms. The number of aryl methyl sites for hydroxylation is 2. The number of nitrogens with zero attached hydrogens (tertiary/aromatic N) is 2. The Morgan fingerprint density at radius 2 is 1.96 bits per heavy atom. The zero-order valence-electron chi connectivity index (χ0n) is 12.8. The first-order chi connectivity index (χ1) is 11.1. The molecule has 2 aromatic carbocycles. The van der Waals surface area contributed by atoms with Gasteiger partial charge in [-0.3, -0.25) is 4.79 Å². The second kappa shape index (κ2) is 4.67. The van der Waals surface area contributed by atoms with E-state index in [1.165, 1.54) is 0 Å². The summed E-state index contributed by atoms with van der Waals surface area (Å²) in [5.74, 6) is -0.593. The van der Waals surface area contributed by atoms with E-state index in [0.717, 1.165) is 38.5 Å². The first-order valence-corrected chi connectivity index (χ1v) is 7.29. The Morgan fingerprint density at radius 1 is 1.17 bits per heavy atom. The van der Waals surface area contributed by atoms with Gasteiger partial charge in [-0.05, 0) is 37.1 Å². The Kier molecular flexibility index (Phi) is 2.74. The SMILES string of the molecule is Cc1cc(-c2n[nH]nc2C(N)=O)c(C)c2c1[nH]c1ccccc12. The van der Waals surface area contributed by atoms with Gasteiger partial charge in [-0.1, -0.05) is 18.2 Å². The lowest BCUT2D eigenvalue weighted by Crippen LogP contribution is -2.13. The molecule has 6 heteroatoms. The molecule has 4 aromatic rings. The van der Waals surface area contributed by atoms with Crippen molar-refractivity contribution in [1.29, 1.82) is 0 Å². The Bertz CT molecular complexity index is 1070. The van der Waals surface area contributed by atoms with Crippen LogP contribution in [0, 0.1) is 13.8 Å². The fraction of sp³-hybridized carbons (Fsp3) is 0.118. The molecule has 2 aromatic heterocycles. The minimum Gasteiger partial charge on any atom is -0.364 e. The number of aromatic amines is 2. The summed E-state index contributed by atoms with van der Waals surface area (Å²) in [6, 6.07) is 10.2. The number of carbonyl (C=O) groups excluding carboxylic acids is 1. The number of benzene rings is 2. The largest absolute Gasteiger partial charge is 0.364 e. The van der Waals surface area contributed by atoms with Crippen molar-refractivity contribution >= 4 is 27.7 Å². The van der Waals surface area contributed by atoms with Crippen LogP contribution < -0.4 is 5.73 Å². The highest BCUT2D eigenvalue weighted by atomic mass is 16.1. The monoisotopic (exact) mass is 305 g/mol. The summed E-state index contributed by atoms with van der Waals surface area (Å²) in [7, 11) is 0. The number of nitrogens with two attached hydrogens (primary N) is 1. The van der Waals surface area contributed by atoms with Gasteiger partial charge in [0, 0.05) is 27.4 Å². The van der Waals surface area contributed by atoms with Gasteiger partial charge in [-0.25, -0.2) is 0 Å². The van der Waals surface area contributed by atoms with Gasteiger partial charge in [0.15, 0.2) is 5.69 Å². The van der Waals surface area contributed by atoms with Crippen LogP contribution in [0.3, 0.4) is 0 Å². The smallest absolute Gasteiger partial charge is 0.271 e. The number of hydrogen-bond acceptors (Lipinski definition) is 3. The van der Waals surface area contributed by atoms with Gasteiger partial charge in [0.05, 0.1) is 0 Å². The van der Waals surface area contributed by atoms with Gasteiger partial charge in [-0.2, -0.15) is 15.4 Å². The lowest BCUT2D eigenvalue weighted by atomic mass is 9.96. The third-order valence-electron chi connectivity index (χ3n) is 4.28. The molecule has 4 rings (SSSR count). The molecule has 0 aliphatic heterocycles. The van der Waals surface area contributed by atoms with E-state index in [1.54, 1.807) is 0 Å². The molecule has 0 fully saturated rings.